The van der Waals surface area contributed by atoms with Crippen LogP contribution in [0.1, 0.15) is 55.6 Å². The number of hydrogen-bond donors (Lipinski definition) is 2. The number of aromatic nitrogens is 2. The third-order valence-corrected chi connectivity index (χ3v) is 6.52. The van der Waals surface area contributed by atoms with E-state index >= 15 is 0 Å². The molecule has 0 aliphatic carbocycles. The molecule has 1 aliphatic rings. The quantitative estimate of drug-likeness (QED) is 0.444. The van der Waals surface area contributed by atoms with Crippen molar-refractivity contribution >= 4 is 34.5 Å². The van der Waals surface area contributed by atoms with Gasteiger partial charge in [-0.1, -0.05) is 17.7 Å². The van der Waals surface area contributed by atoms with Crippen LogP contribution in [-0.2, 0) is 9.47 Å². The van der Waals surface area contributed by atoms with Gasteiger partial charge in [-0.2, -0.15) is 0 Å². The number of pyridine rings is 1. The number of carbonyl (C=O) groups is 2. The van der Waals surface area contributed by atoms with Crippen LogP contribution in [0.2, 0.25) is 5.02 Å². The first-order chi connectivity index (χ1) is 17.2. The Bertz CT molecular complexity index is 1180. The lowest BCUT2D eigenvalue weighted by atomic mass is 9.98. The van der Waals surface area contributed by atoms with Crippen LogP contribution in [0.15, 0.2) is 48.9 Å². The molecule has 0 bridgehead atoms. The van der Waals surface area contributed by atoms with Gasteiger partial charge >= 0.3 is 6.09 Å². The van der Waals surface area contributed by atoms with Crippen molar-refractivity contribution < 1.29 is 19.1 Å². The maximum absolute atomic E-state index is 13.1. The third-order valence-electron chi connectivity index (χ3n) is 6.21. The average molecular weight is 513 g/mol. The van der Waals surface area contributed by atoms with Gasteiger partial charge < -0.3 is 24.7 Å². The van der Waals surface area contributed by atoms with E-state index in [0.29, 0.717) is 42.8 Å². The zero-order valence-electron chi connectivity index (χ0n) is 20.9. The lowest BCUT2D eigenvalue weighted by molar-refractivity contribution is 0.0105. The molecule has 1 saturated heterocycles. The minimum Gasteiger partial charge on any atom is -0.444 e. The number of hydrogen-bond acceptors (Lipinski definition) is 5. The standard InChI is InChI=1S/C27H33ClN4O4/c1-27(2,3)36-26(34)32-12-8-18(9-13-32)16-35-17-24(19-6-10-29-11-7-19)31-25(33)20-4-5-21-22(28)15-30-23(21)14-20/h4-7,10-11,14-15,18,24,30H,8-9,12-13,16-17H2,1-3H3,(H,31,33). The van der Waals surface area contributed by atoms with Gasteiger partial charge in [-0.15, -0.1) is 0 Å². The SMILES string of the molecule is CC(C)(C)OC(=O)N1CCC(COCC(NC(=O)c2ccc3c(Cl)c[nH]c3c2)c2ccncc2)CC1. The maximum Gasteiger partial charge on any atom is 0.410 e. The van der Waals surface area contributed by atoms with Gasteiger partial charge in [0.2, 0.25) is 0 Å². The number of rotatable bonds is 7. The predicted octanol–water partition coefficient (Wildman–Crippen LogP) is 5.35. The second kappa shape index (κ2) is 11.3. The highest BCUT2D eigenvalue weighted by Crippen LogP contribution is 2.25. The Morgan fingerprint density at radius 2 is 1.92 bits per heavy atom. The van der Waals surface area contributed by atoms with Crippen LogP contribution in [0, 0.1) is 5.92 Å². The van der Waals surface area contributed by atoms with E-state index in [2.05, 4.69) is 15.3 Å². The molecule has 2 aromatic heterocycles. The van der Waals surface area contributed by atoms with Gasteiger partial charge in [0.05, 0.1) is 17.7 Å². The number of amides is 2. The number of nitrogens with zero attached hydrogens (tertiary/aromatic N) is 2. The Morgan fingerprint density at radius 3 is 2.61 bits per heavy atom. The Labute approximate surface area is 216 Å². The van der Waals surface area contributed by atoms with Crippen LogP contribution in [0.4, 0.5) is 4.79 Å². The average Bonchev–Trinajstić information content (AvgIpc) is 3.23. The monoisotopic (exact) mass is 512 g/mol. The Morgan fingerprint density at radius 1 is 1.19 bits per heavy atom. The summed E-state index contributed by atoms with van der Waals surface area (Å²) in [5.41, 5.74) is 1.77. The van der Waals surface area contributed by atoms with Gasteiger partial charge in [-0.3, -0.25) is 9.78 Å². The molecule has 1 fully saturated rings. The van der Waals surface area contributed by atoms with E-state index in [0.717, 1.165) is 29.3 Å². The van der Waals surface area contributed by atoms with E-state index in [1.807, 2.05) is 39.0 Å². The number of carbonyl (C=O) groups excluding carboxylic acids is 2. The largest absolute Gasteiger partial charge is 0.444 e. The molecule has 3 heterocycles. The minimum atomic E-state index is -0.496. The summed E-state index contributed by atoms with van der Waals surface area (Å²) in [6.45, 7) is 7.81. The fourth-order valence-corrected chi connectivity index (χ4v) is 4.47. The van der Waals surface area contributed by atoms with Gasteiger partial charge in [0.25, 0.3) is 5.91 Å². The number of halogens is 1. The maximum atomic E-state index is 13.1. The first-order valence-corrected chi connectivity index (χ1v) is 12.6. The van der Waals surface area contributed by atoms with Crippen LogP contribution >= 0.6 is 11.6 Å². The van der Waals surface area contributed by atoms with Crippen molar-refractivity contribution in [1.82, 2.24) is 20.2 Å². The number of ether oxygens (including phenoxy) is 2. The molecule has 3 aromatic rings. The molecule has 1 aromatic carbocycles. The lowest BCUT2D eigenvalue weighted by Crippen LogP contribution is -2.42. The summed E-state index contributed by atoms with van der Waals surface area (Å²) in [7, 11) is 0. The van der Waals surface area contributed by atoms with E-state index in [9.17, 15) is 9.59 Å². The molecule has 1 atom stereocenters. The molecular formula is C27H33ClN4O4. The summed E-state index contributed by atoms with van der Waals surface area (Å²) in [6, 6.07) is 8.82. The highest BCUT2D eigenvalue weighted by atomic mass is 35.5. The molecule has 1 aliphatic heterocycles. The number of fused-ring (bicyclic) bond motifs is 1. The minimum absolute atomic E-state index is 0.196. The van der Waals surface area contributed by atoms with Crippen LogP contribution in [0.25, 0.3) is 10.9 Å². The summed E-state index contributed by atoms with van der Waals surface area (Å²) in [5, 5.41) is 4.59. The van der Waals surface area contributed by atoms with Crippen LogP contribution < -0.4 is 5.32 Å². The molecule has 0 spiro atoms. The van der Waals surface area contributed by atoms with E-state index in [4.69, 9.17) is 21.1 Å². The zero-order valence-corrected chi connectivity index (χ0v) is 21.7. The van der Waals surface area contributed by atoms with E-state index in [-0.39, 0.29) is 18.0 Å². The summed E-state index contributed by atoms with van der Waals surface area (Å²) >= 11 is 6.16. The van der Waals surface area contributed by atoms with Crippen molar-refractivity contribution in [2.24, 2.45) is 5.92 Å². The fourth-order valence-electron chi connectivity index (χ4n) is 4.25. The molecule has 0 saturated carbocycles. The molecule has 1 unspecified atom stereocenters. The first-order valence-electron chi connectivity index (χ1n) is 12.2. The molecular weight excluding hydrogens is 480 g/mol. The second-order valence-electron chi connectivity index (χ2n) is 10.2. The number of benzene rings is 1. The topological polar surface area (TPSA) is 96.5 Å². The van der Waals surface area contributed by atoms with Gasteiger partial charge in [0.15, 0.2) is 0 Å². The molecule has 2 N–H and O–H groups in total. The molecule has 8 nitrogen and oxygen atoms in total. The van der Waals surface area contributed by atoms with Crippen LogP contribution in [-0.4, -0.2) is 58.8 Å². The van der Waals surface area contributed by atoms with Crippen molar-refractivity contribution in [3.05, 3.63) is 65.1 Å². The van der Waals surface area contributed by atoms with Gasteiger partial charge in [-0.25, -0.2) is 4.79 Å². The van der Waals surface area contributed by atoms with Crippen molar-refractivity contribution in [3.63, 3.8) is 0 Å². The summed E-state index contributed by atoms with van der Waals surface area (Å²) < 4.78 is 11.6. The number of nitrogens with one attached hydrogen (secondary N) is 2. The summed E-state index contributed by atoms with van der Waals surface area (Å²) in [5.74, 6) is 0.149. The normalized spacial score (nSPS) is 15.6. The number of H-pyrrole nitrogens is 1. The highest BCUT2D eigenvalue weighted by molar-refractivity contribution is 6.35. The van der Waals surface area contributed by atoms with Crippen molar-refractivity contribution in [2.75, 3.05) is 26.3 Å². The van der Waals surface area contributed by atoms with Gasteiger partial charge in [0.1, 0.15) is 5.60 Å². The Hall–Kier alpha value is -3.10. The molecule has 4 rings (SSSR count). The molecule has 0 radical (unpaired) electrons. The van der Waals surface area contributed by atoms with Crippen LogP contribution in [0.5, 0.6) is 0 Å². The predicted molar refractivity (Wildman–Crippen MR) is 139 cm³/mol. The number of likely N-dealkylation sites (tertiary alicyclic amines) is 1. The summed E-state index contributed by atoms with van der Waals surface area (Å²) in [6.07, 6.45) is 6.55. The van der Waals surface area contributed by atoms with Crippen molar-refractivity contribution in [2.45, 2.75) is 45.3 Å². The molecule has 192 valence electrons. The number of aromatic amines is 1. The third kappa shape index (κ3) is 6.77. The zero-order chi connectivity index (χ0) is 25.7. The smallest absolute Gasteiger partial charge is 0.410 e. The highest BCUT2D eigenvalue weighted by Gasteiger charge is 2.27. The summed E-state index contributed by atoms with van der Waals surface area (Å²) in [4.78, 5) is 34.3. The lowest BCUT2D eigenvalue weighted by Gasteiger charge is -2.33. The van der Waals surface area contributed by atoms with Crippen molar-refractivity contribution in [3.8, 4) is 0 Å². The van der Waals surface area contributed by atoms with Gasteiger partial charge in [-0.05, 0) is 69.4 Å². The fraction of sp³-hybridized carbons (Fsp3) is 0.444. The number of piperidine rings is 1. The van der Waals surface area contributed by atoms with Crippen LogP contribution in [0.3, 0.4) is 0 Å². The second-order valence-corrected chi connectivity index (χ2v) is 10.6. The van der Waals surface area contributed by atoms with Crippen molar-refractivity contribution in [1.29, 1.82) is 0 Å². The molecule has 2 amide bonds. The van der Waals surface area contributed by atoms with E-state index < -0.39 is 5.60 Å². The molecule has 36 heavy (non-hydrogen) atoms. The Balaban J connectivity index is 1.32. The Kier molecular flexibility index (Phi) is 8.16. The molecule has 9 heteroatoms. The van der Waals surface area contributed by atoms with E-state index in [1.54, 1.807) is 35.6 Å². The first kappa shape index (κ1) is 26.0. The van der Waals surface area contributed by atoms with Gasteiger partial charge in [0, 0.05) is 54.8 Å². The van der Waals surface area contributed by atoms with E-state index in [1.165, 1.54) is 0 Å².